The van der Waals surface area contributed by atoms with Gasteiger partial charge in [-0.15, -0.1) is 10.2 Å². The zero-order valence-corrected chi connectivity index (χ0v) is 18.7. The summed E-state index contributed by atoms with van der Waals surface area (Å²) in [5, 5.41) is 9.80. The number of carbonyl (C=O) groups is 1. The number of aromatic nitrogens is 5. The Bertz CT molecular complexity index is 1540. The first-order valence-corrected chi connectivity index (χ1v) is 11.2. The fourth-order valence-electron chi connectivity index (χ4n) is 3.92. The Morgan fingerprint density at radius 2 is 1.78 bits per heavy atom. The minimum atomic E-state index is -0.157. The summed E-state index contributed by atoms with van der Waals surface area (Å²) >= 11 is 1.32. The van der Waals surface area contributed by atoms with Crippen LogP contribution in [-0.4, -0.2) is 35.7 Å². The number of nitrogens with one attached hydrogen (secondary N) is 1. The van der Waals surface area contributed by atoms with Crippen LogP contribution in [0.1, 0.15) is 27.3 Å². The molecule has 0 unspecified atom stereocenters. The molecule has 0 aliphatic heterocycles. The maximum atomic E-state index is 13.3. The molecule has 2 aromatic carbocycles. The van der Waals surface area contributed by atoms with Crippen LogP contribution in [0.25, 0.3) is 22.4 Å². The topological polar surface area (TPSA) is 85.0 Å². The highest BCUT2D eigenvalue weighted by molar-refractivity contribution is 7.99. The molecule has 5 rings (SSSR count). The van der Waals surface area contributed by atoms with Crippen molar-refractivity contribution in [3.05, 3.63) is 87.5 Å². The number of para-hydroxylation sites is 1. The van der Waals surface area contributed by atoms with Gasteiger partial charge in [-0.05, 0) is 51.1 Å². The molecule has 0 atom stereocenters. The number of benzene rings is 2. The predicted molar refractivity (Wildman–Crippen MR) is 126 cm³/mol. The number of fused-ring (bicyclic) bond motifs is 3. The van der Waals surface area contributed by atoms with Crippen molar-refractivity contribution >= 4 is 34.2 Å². The lowest BCUT2D eigenvalue weighted by Gasteiger charge is -2.11. The first-order valence-electron chi connectivity index (χ1n) is 10.2. The van der Waals surface area contributed by atoms with E-state index in [0.29, 0.717) is 27.4 Å². The van der Waals surface area contributed by atoms with Crippen LogP contribution in [0.4, 0.5) is 0 Å². The summed E-state index contributed by atoms with van der Waals surface area (Å²) in [5.41, 5.74) is 4.87. The number of rotatable bonds is 5. The van der Waals surface area contributed by atoms with Gasteiger partial charge < -0.3 is 4.98 Å². The second-order valence-electron chi connectivity index (χ2n) is 7.81. The molecular weight excluding hydrogens is 422 g/mol. The molecule has 160 valence electrons. The summed E-state index contributed by atoms with van der Waals surface area (Å²) in [5.74, 6) is 0.655. The highest BCUT2D eigenvalue weighted by atomic mass is 32.2. The quantitative estimate of drug-likeness (QED) is 0.324. The van der Waals surface area contributed by atoms with E-state index < -0.39 is 0 Å². The van der Waals surface area contributed by atoms with Gasteiger partial charge in [0.1, 0.15) is 0 Å². The number of H-pyrrole nitrogens is 1. The predicted octanol–water partition coefficient (Wildman–Crippen LogP) is 4.26. The van der Waals surface area contributed by atoms with Gasteiger partial charge in [0, 0.05) is 17.0 Å². The Morgan fingerprint density at radius 1 is 1.03 bits per heavy atom. The van der Waals surface area contributed by atoms with Gasteiger partial charge in [-0.3, -0.25) is 14.0 Å². The van der Waals surface area contributed by atoms with Gasteiger partial charge in [0.05, 0.1) is 22.3 Å². The molecule has 3 heterocycles. The molecule has 32 heavy (non-hydrogen) atoms. The second-order valence-corrected chi connectivity index (χ2v) is 8.76. The van der Waals surface area contributed by atoms with Crippen molar-refractivity contribution in [2.45, 2.75) is 25.9 Å². The van der Waals surface area contributed by atoms with Crippen molar-refractivity contribution in [3.63, 3.8) is 0 Å². The van der Waals surface area contributed by atoms with Crippen LogP contribution in [-0.2, 0) is 0 Å². The van der Waals surface area contributed by atoms with Gasteiger partial charge in [-0.25, -0.2) is 4.57 Å². The zero-order chi connectivity index (χ0) is 22.4. The van der Waals surface area contributed by atoms with E-state index >= 15 is 0 Å². The smallest absolute Gasteiger partial charge is 0.267 e. The first kappa shape index (κ1) is 20.3. The molecule has 0 bridgehead atoms. The van der Waals surface area contributed by atoms with Crippen LogP contribution in [0.5, 0.6) is 0 Å². The Balaban J connectivity index is 1.64. The van der Waals surface area contributed by atoms with Crippen molar-refractivity contribution in [1.29, 1.82) is 0 Å². The molecule has 8 heteroatoms. The van der Waals surface area contributed by atoms with Crippen LogP contribution < -0.4 is 5.56 Å². The third-order valence-corrected chi connectivity index (χ3v) is 6.40. The zero-order valence-electron chi connectivity index (χ0n) is 17.9. The number of carbonyl (C=O) groups excluding carboxylic acids is 1. The molecule has 0 aliphatic rings. The van der Waals surface area contributed by atoms with Gasteiger partial charge >= 0.3 is 0 Å². The number of thioether (sulfide) groups is 1. The molecule has 0 spiro atoms. The average Bonchev–Trinajstić information content (AvgIpc) is 3.36. The first-order chi connectivity index (χ1) is 15.4. The summed E-state index contributed by atoms with van der Waals surface area (Å²) < 4.78 is 3.42. The average molecular weight is 444 g/mol. The summed E-state index contributed by atoms with van der Waals surface area (Å²) in [7, 11) is 0. The number of aryl methyl sites for hydroxylation is 3. The number of hydrogen-bond donors (Lipinski definition) is 1. The van der Waals surface area contributed by atoms with E-state index in [9.17, 15) is 9.59 Å². The van der Waals surface area contributed by atoms with Gasteiger partial charge in [0.25, 0.3) is 5.56 Å². The lowest BCUT2D eigenvalue weighted by atomic mass is 10.2. The number of ketones is 1. The molecule has 0 radical (unpaired) electrons. The third kappa shape index (κ3) is 3.33. The summed E-state index contributed by atoms with van der Waals surface area (Å²) in [6.07, 6.45) is 0. The Morgan fingerprint density at radius 3 is 2.50 bits per heavy atom. The number of nitrogens with zero attached hydrogens (tertiary/aromatic N) is 4. The summed E-state index contributed by atoms with van der Waals surface area (Å²) in [6, 6.07) is 17.0. The number of Topliss-reactive ketones (excluding diaryl/α,β-unsaturated/α-hetero) is 1. The molecule has 0 saturated heterocycles. The Hall–Kier alpha value is -3.65. The lowest BCUT2D eigenvalue weighted by Crippen LogP contribution is -2.21. The highest BCUT2D eigenvalue weighted by Crippen LogP contribution is 2.24. The van der Waals surface area contributed by atoms with Crippen LogP contribution in [0.15, 0.2) is 64.5 Å². The molecule has 0 fully saturated rings. The van der Waals surface area contributed by atoms with Gasteiger partial charge in [-0.2, -0.15) is 0 Å². The van der Waals surface area contributed by atoms with Crippen LogP contribution in [0, 0.1) is 20.8 Å². The van der Waals surface area contributed by atoms with Crippen molar-refractivity contribution in [3.8, 4) is 5.69 Å². The largest absolute Gasteiger partial charge is 0.362 e. The van der Waals surface area contributed by atoms with Crippen molar-refractivity contribution in [2.24, 2.45) is 0 Å². The third-order valence-electron chi connectivity index (χ3n) is 5.47. The Labute approximate surface area is 188 Å². The Kier molecular flexibility index (Phi) is 4.94. The van der Waals surface area contributed by atoms with Crippen LogP contribution >= 0.6 is 11.8 Å². The van der Waals surface area contributed by atoms with Gasteiger partial charge in [-0.1, -0.05) is 41.6 Å². The SMILES string of the molecule is Cc1ccc(-n2c(=O)c3ccccc3n3c(SCC(=O)c4cc(C)[nH]c4C)nnc23)cc1. The molecule has 0 aliphatic carbocycles. The van der Waals surface area contributed by atoms with Crippen LogP contribution in [0.3, 0.4) is 0 Å². The maximum Gasteiger partial charge on any atom is 0.267 e. The normalized spacial score (nSPS) is 11.5. The van der Waals surface area contributed by atoms with E-state index in [4.69, 9.17) is 0 Å². The van der Waals surface area contributed by atoms with E-state index in [2.05, 4.69) is 15.2 Å². The van der Waals surface area contributed by atoms with E-state index in [0.717, 1.165) is 22.6 Å². The number of aromatic amines is 1. The molecule has 7 nitrogen and oxygen atoms in total. The second kappa shape index (κ2) is 7.80. The summed E-state index contributed by atoms with van der Waals surface area (Å²) in [4.78, 5) is 29.3. The van der Waals surface area contributed by atoms with E-state index in [1.165, 1.54) is 11.8 Å². The fraction of sp³-hybridized carbons (Fsp3) is 0.167. The van der Waals surface area contributed by atoms with Crippen LogP contribution in [0.2, 0.25) is 0 Å². The van der Waals surface area contributed by atoms with Crippen molar-refractivity contribution < 1.29 is 4.79 Å². The van der Waals surface area contributed by atoms with E-state index in [-0.39, 0.29) is 17.1 Å². The molecule has 3 aromatic heterocycles. The van der Waals surface area contributed by atoms with Gasteiger partial charge in [0.2, 0.25) is 5.78 Å². The monoisotopic (exact) mass is 443 g/mol. The molecule has 5 aromatic rings. The molecule has 1 N–H and O–H groups in total. The molecule has 0 saturated carbocycles. The van der Waals surface area contributed by atoms with Crippen molar-refractivity contribution in [2.75, 3.05) is 5.75 Å². The minimum absolute atomic E-state index is 0.0183. The number of hydrogen-bond acceptors (Lipinski definition) is 5. The molecular formula is C24H21N5O2S. The van der Waals surface area contributed by atoms with E-state index in [1.54, 1.807) is 10.6 Å². The summed E-state index contributed by atoms with van der Waals surface area (Å²) in [6.45, 7) is 5.82. The highest BCUT2D eigenvalue weighted by Gasteiger charge is 2.19. The lowest BCUT2D eigenvalue weighted by molar-refractivity contribution is 0.102. The molecule has 0 amide bonds. The fourth-order valence-corrected chi connectivity index (χ4v) is 4.74. The maximum absolute atomic E-state index is 13.3. The van der Waals surface area contributed by atoms with Gasteiger partial charge in [0.15, 0.2) is 10.9 Å². The standard InChI is InChI=1S/C24H21N5O2S/c1-14-8-10-17(11-9-14)28-22(31)18-6-4-5-7-20(18)29-23(28)26-27-24(29)32-13-21(30)19-12-15(2)25-16(19)3/h4-12,25H,13H2,1-3H3. The minimum Gasteiger partial charge on any atom is -0.362 e. The van der Waals surface area contributed by atoms with Crippen molar-refractivity contribution in [1.82, 2.24) is 24.1 Å². The van der Waals surface area contributed by atoms with E-state index in [1.807, 2.05) is 73.7 Å².